The predicted molar refractivity (Wildman–Crippen MR) is 113 cm³/mol. The fourth-order valence-electron chi connectivity index (χ4n) is 4.36. The zero-order valence-corrected chi connectivity index (χ0v) is 16.5. The molecule has 2 fully saturated rings. The molecule has 0 aliphatic carbocycles. The first kappa shape index (κ1) is 18.0. The largest absolute Gasteiger partial charge is 0.341 e. The summed E-state index contributed by atoms with van der Waals surface area (Å²) in [5, 5.41) is 0. The summed E-state index contributed by atoms with van der Waals surface area (Å²) in [4.78, 5) is 27.5. The maximum absolute atomic E-state index is 5.11. The lowest BCUT2D eigenvalue weighted by atomic mass is 9.90. The quantitative estimate of drug-likeness (QED) is 0.680. The van der Waals surface area contributed by atoms with Crippen molar-refractivity contribution in [2.45, 2.75) is 31.6 Å². The topological polar surface area (TPSA) is 70.9 Å². The molecule has 1 atom stereocenters. The molecule has 0 N–H and O–H groups in total. The van der Waals surface area contributed by atoms with Crippen LogP contribution in [0, 0.1) is 0 Å². The Morgan fingerprint density at radius 3 is 2.34 bits per heavy atom. The van der Waals surface area contributed by atoms with Crippen molar-refractivity contribution in [1.82, 2.24) is 24.9 Å². The van der Waals surface area contributed by atoms with Gasteiger partial charge in [-0.15, -0.1) is 0 Å². The highest BCUT2D eigenvalue weighted by molar-refractivity contribution is 5.66. The standard InChI is InChI=1S/C22H25N7/c1-2-13-28(12-1)22-26-15-19(17-6-10-23-11-7-17)20(27-22)18-5-3-14-29(16-18)21-24-8-4-9-25-21/h4,6-11,15,18H,1-3,5,12-14,16H2. The van der Waals surface area contributed by atoms with Crippen molar-refractivity contribution in [3.63, 3.8) is 0 Å². The van der Waals surface area contributed by atoms with Crippen LogP contribution in [0.1, 0.15) is 37.3 Å². The summed E-state index contributed by atoms with van der Waals surface area (Å²) in [6, 6.07) is 5.94. The Morgan fingerprint density at radius 2 is 1.55 bits per heavy atom. The van der Waals surface area contributed by atoms with Gasteiger partial charge in [0.05, 0.1) is 5.69 Å². The predicted octanol–water partition coefficient (Wildman–Crippen LogP) is 3.31. The number of rotatable bonds is 4. The van der Waals surface area contributed by atoms with Gasteiger partial charge in [0.25, 0.3) is 0 Å². The van der Waals surface area contributed by atoms with Gasteiger partial charge in [-0.2, -0.15) is 0 Å². The highest BCUT2D eigenvalue weighted by Crippen LogP contribution is 2.35. The van der Waals surface area contributed by atoms with E-state index in [0.717, 1.165) is 67.7 Å². The van der Waals surface area contributed by atoms with E-state index in [4.69, 9.17) is 9.97 Å². The fourth-order valence-corrected chi connectivity index (χ4v) is 4.36. The minimum atomic E-state index is 0.320. The summed E-state index contributed by atoms with van der Waals surface area (Å²) in [6.07, 6.45) is 13.9. The normalized spacial score (nSPS) is 19.5. The van der Waals surface area contributed by atoms with Gasteiger partial charge in [0.2, 0.25) is 11.9 Å². The lowest BCUT2D eigenvalue weighted by Crippen LogP contribution is -2.36. The van der Waals surface area contributed by atoms with E-state index in [1.165, 1.54) is 12.8 Å². The zero-order valence-electron chi connectivity index (χ0n) is 16.5. The van der Waals surface area contributed by atoms with Crippen molar-refractivity contribution >= 4 is 11.9 Å². The van der Waals surface area contributed by atoms with Crippen LogP contribution < -0.4 is 9.80 Å². The first-order valence-corrected chi connectivity index (χ1v) is 10.4. The monoisotopic (exact) mass is 387 g/mol. The van der Waals surface area contributed by atoms with E-state index in [1.54, 1.807) is 0 Å². The van der Waals surface area contributed by atoms with Crippen LogP contribution in [0.5, 0.6) is 0 Å². The Kier molecular flexibility index (Phi) is 5.02. The fraction of sp³-hybridized carbons (Fsp3) is 0.409. The molecule has 7 nitrogen and oxygen atoms in total. The van der Waals surface area contributed by atoms with Gasteiger partial charge in [0.15, 0.2) is 0 Å². The lowest BCUT2D eigenvalue weighted by molar-refractivity contribution is 0.495. The van der Waals surface area contributed by atoms with Crippen LogP contribution in [0.2, 0.25) is 0 Å². The highest BCUT2D eigenvalue weighted by Gasteiger charge is 2.28. The van der Waals surface area contributed by atoms with Gasteiger partial charge >= 0.3 is 0 Å². The maximum atomic E-state index is 5.11. The van der Waals surface area contributed by atoms with E-state index in [2.05, 4.69) is 24.8 Å². The molecule has 0 radical (unpaired) electrons. The van der Waals surface area contributed by atoms with Crippen LogP contribution in [0.4, 0.5) is 11.9 Å². The Hall–Kier alpha value is -3.09. The summed E-state index contributed by atoms with van der Waals surface area (Å²) in [5.74, 6) is 1.99. The van der Waals surface area contributed by atoms with Gasteiger partial charge in [0.1, 0.15) is 0 Å². The van der Waals surface area contributed by atoms with Gasteiger partial charge in [-0.05, 0) is 49.4 Å². The number of hydrogen-bond acceptors (Lipinski definition) is 7. The van der Waals surface area contributed by atoms with Gasteiger partial charge < -0.3 is 9.80 Å². The molecular weight excluding hydrogens is 362 g/mol. The van der Waals surface area contributed by atoms with Gasteiger partial charge in [-0.1, -0.05) is 0 Å². The maximum Gasteiger partial charge on any atom is 0.225 e. The first-order chi connectivity index (χ1) is 14.4. The van der Waals surface area contributed by atoms with Gasteiger partial charge in [-0.3, -0.25) is 4.98 Å². The second-order valence-corrected chi connectivity index (χ2v) is 7.73. The van der Waals surface area contributed by atoms with Crippen molar-refractivity contribution in [3.05, 3.63) is 54.9 Å². The average Bonchev–Trinajstić information content (AvgIpc) is 3.35. The molecule has 3 aromatic rings. The van der Waals surface area contributed by atoms with Crippen molar-refractivity contribution in [3.8, 4) is 11.1 Å². The van der Waals surface area contributed by atoms with Gasteiger partial charge in [-0.25, -0.2) is 19.9 Å². The molecule has 0 saturated carbocycles. The molecule has 0 aromatic carbocycles. The molecule has 3 aromatic heterocycles. The second-order valence-electron chi connectivity index (χ2n) is 7.73. The van der Waals surface area contributed by atoms with Crippen molar-refractivity contribution in [2.24, 2.45) is 0 Å². The van der Waals surface area contributed by atoms with E-state index in [9.17, 15) is 0 Å². The molecule has 2 aliphatic rings. The molecule has 148 valence electrons. The first-order valence-electron chi connectivity index (χ1n) is 10.4. The molecular formula is C22H25N7. The molecule has 29 heavy (non-hydrogen) atoms. The summed E-state index contributed by atoms with van der Waals surface area (Å²) in [5.41, 5.74) is 3.36. The molecule has 0 bridgehead atoms. The molecule has 5 heterocycles. The summed E-state index contributed by atoms with van der Waals surface area (Å²) < 4.78 is 0. The number of aromatic nitrogens is 5. The smallest absolute Gasteiger partial charge is 0.225 e. The number of hydrogen-bond donors (Lipinski definition) is 0. The highest BCUT2D eigenvalue weighted by atomic mass is 15.3. The molecule has 1 unspecified atom stereocenters. The summed E-state index contributed by atoms with van der Waals surface area (Å²) in [7, 11) is 0. The Bertz CT molecular complexity index is 942. The van der Waals surface area contributed by atoms with E-state index >= 15 is 0 Å². The Labute approximate surface area is 170 Å². The van der Waals surface area contributed by atoms with Gasteiger partial charge in [0, 0.05) is 68.6 Å². The van der Waals surface area contributed by atoms with Crippen LogP contribution >= 0.6 is 0 Å². The minimum Gasteiger partial charge on any atom is -0.341 e. The van der Waals surface area contributed by atoms with Crippen LogP contribution in [-0.4, -0.2) is 51.1 Å². The third-order valence-electron chi connectivity index (χ3n) is 5.83. The Morgan fingerprint density at radius 1 is 0.793 bits per heavy atom. The molecule has 2 aliphatic heterocycles. The van der Waals surface area contributed by atoms with Crippen LogP contribution in [0.25, 0.3) is 11.1 Å². The minimum absolute atomic E-state index is 0.320. The second kappa shape index (κ2) is 8.11. The summed E-state index contributed by atoms with van der Waals surface area (Å²) >= 11 is 0. The van der Waals surface area contributed by atoms with E-state index in [-0.39, 0.29) is 0 Å². The molecule has 0 spiro atoms. The summed E-state index contributed by atoms with van der Waals surface area (Å²) in [6.45, 7) is 3.94. The Balaban J connectivity index is 1.51. The third kappa shape index (κ3) is 3.77. The van der Waals surface area contributed by atoms with E-state index in [1.807, 2.05) is 49.2 Å². The number of anilines is 2. The molecule has 5 rings (SSSR count). The van der Waals surface area contributed by atoms with Crippen molar-refractivity contribution < 1.29 is 0 Å². The lowest BCUT2D eigenvalue weighted by Gasteiger charge is -2.33. The third-order valence-corrected chi connectivity index (χ3v) is 5.83. The van der Waals surface area contributed by atoms with Crippen LogP contribution in [-0.2, 0) is 0 Å². The molecule has 7 heteroatoms. The number of piperidine rings is 1. The van der Waals surface area contributed by atoms with E-state index in [0.29, 0.717) is 5.92 Å². The van der Waals surface area contributed by atoms with E-state index < -0.39 is 0 Å². The zero-order chi connectivity index (χ0) is 19.5. The average molecular weight is 387 g/mol. The molecule has 0 amide bonds. The molecule has 2 saturated heterocycles. The SMILES string of the molecule is c1cnc(N2CCCC(c3nc(N4CCCC4)ncc3-c3ccncc3)C2)nc1. The van der Waals surface area contributed by atoms with Crippen molar-refractivity contribution in [2.75, 3.05) is 36.0 Å². The number of pyridine rings is 1. The van der Waals surface area contributed by atoms with Crippen LogP contribution in [0.15, 0.2) is 49.2 Å². The van der Waals surface area contributed by atoms with Crippen LogP contribution in [0.3, 0.4) is 0 Å². The number of nitrogens with zero attached hydrogens (tertiary/aromatic N) is 7. The van der Waals surface area contributed by atoms with Crippen molar-refractivity contribution in [1.29, 1.82) is 0 Å².